The molecule has 3 aromatic rings. The second kappa shape index (κ2) is 6.26. The number of rotatable bonds is 2. The van der Waals surface area contributed by atoms with Crippen LogP contribution in [-0.4, -0.2) is 22.8 Å². The summed E-state index contributed by atoms with van der Waals surface area (Å²) in [6.45, 7) is 0.478. The van der Waals surface area contributed by atoms with Crippen molar-refractivity contribution in [1.82, 2.24) is 15.6 Å². The molecule has 0 fully saturated rings. The Bertz CT molecular complexity index is 980. The first-order valence-corrected chi connectivity index (χ1v) is 8.41. The molecular weight excluding hydrogens is 338 g/mol. The Hall–Kier alpha value is -2.79. The number of nitrogens with one attached hydrogen (secondary N) is 3. The van der Waals surface area contributed by atoms with Crippen molar-refractivity contribution in [2.75, 3.05) is 0 Å². The van der Waals surface area contributed by atoms with E-state index in [1.54, 1.807) is 18.2 Å². The third kappa shape index (κ3) is 3.10. The molecule has 0 spiro atoms. The summed E-state index contributed by atoms with van der Waals surface area (Å²) in [7, 11) is 0. The fourth-order valence-electron chi connectivity index (χ4n) is 3.13. The maximum Gasteiger partial charge on any atom is 0.268 e. The van der Waals surface area contributed by atoms with E-state index < -0.39 is 6.04 Å². The molecule has 0 aliphatic carbocycles. The largest absolute Gasteiger partial charge is 0.351 e. The summed E-state index contributed by atoms with van der Waals surface area (Å²) in [4.78, 5) is 28.0. The zero-order chi connectivity index (χ0) is 17.4. The fraction of sp³-hybridized carbons (Fsp3) is 0.158. The van der Waals surface area contributed by atoms with Crippen molar-refractivity contribution in [2.24, 2.45) is 0 Å². The predicted molar refractivity (Wildman–Crippen MR) is 96.6 cm³/mol. The van der Waals surface area contributed by atoms with Gasteiger partial charge in [0.05, 0.1) is 0 Å². The molecule has 1 aromatic heterocycles. The second-order valence-electron chi connectivity index (χ2n) is 6.13. The highest BCUT2D eigenvalue weighted by atomic mass is 35.5. The molecule has 1 atom stereocenters. The molecule has 1 aliphatic rings. The molecular formula is C19H16ClN3O2. The average molecular weight is 354 g/mol. The van der Waals surface area contributed by atoms with Crippen LogP contribution in [0.15, 0.2) is 48.5 Å². The van der Waals surface area contributed by atoms with Gasteiger partial charge in [-0.25, -0.2) is 0 Å². The minimum Gasteiger partial charge on any atom is -0.351 e. The Morgan fingerprint density at radius 1 is 1.12 bits per heavy atom. The summed E-state index contributed by atoms with van der Waals surface area (Å²) >= 11 is 5.98. The minimum atomic E-state index is -0.605. The van der Waals surface area contributed by atoms with E-state index in [9.17, 15) is 9.59 Å². The first-order valence-electron chi connectivity index (χ1n) is 8.04. The van der Waals surface area contributed by atoms with Crippen LogP contribution >= 0.6 is 11.6 Å². The van der Waals surface area contributed by atoms with Gasteiger partial charge in [0.25, 0.3) is 5.91 Å². The van der Waals surface area contributed by atoms with Crippen LogP contribution in [0.2, 0.25) is 5.02 Å². The van der Waals surface area contributed by atoms with Crippen molar-refractivity contribution in [3.63, 3.8) is 0 Å². The summed E-state index contributed by atoms with van der Waals surface area (Å²) in [6.07, 6.45) is 0.472. The van der Waals surface area contributed by atoms with Gasteiger partial charge in [0, 0.05) is 28.9 Å². The average Bonchev–Trinajstić information content (AvgIpc) is 2.96. The molecule has 2 heterocycles. The molecule has 0 radical (unpaired) electrons. The van der Waals surface area contributed by atoms with Crippen molar-refractivity contribution in [3.05, 3.63) is 70.4 Å². The van der Waals surface area contributed by atoms with Gasteiger partial charge in [-0.15, -0.1) is 0 Å². The van der Waals surface area contributed by atoms with Crippen LogP contribution in [-0.2, 0) is 17.8 Å². The van der Waals surface area contributed by atoms with Crippen molar-refractivity contribution in [2.45, 2.75) is 19.0 Å². The number of benzene rings is 2. The summed E-state index contributed by atoms with van der Waals surface area (Å²) < 4.78 is 0. The molecule has 0 saturated carbocycles. The fourth-order valence-corrected chi connectivity index (χ4v) is 3.31. The van der Waals surface area contributed by atoms with Crippen LogP contribution < -0.4 is 10.6 Å². The number of aromatic nitrogens is 1. The molecule has 2 aromatic carbocycles. The Morgan fingerprint density at radius 2 is 1.92 bits per heavy atom. The zero-order valence-corrected chi connectivity index (χ0v) is 14.1. The molecule has 4 rings (SSSR count). The van der Waals surface area contributed by atoms with E-state index in [0.717, 1.165) is 22.0 Å². The van der Waals surface area contributed by atoms with Gasteiger partial charge in [-0.1, -0.05) is 35.9 Å². The normalized spacial score (nSPS) is 16.8. The molecule has 0 bridgehead atoms. The highest BCUT2D eigenvalue weighted by Gasteiger charge is 2.26. The predicted octanol–water partition coefficient (Wildman–Crippen LogP) is 2.79. The van der Waals surface area contributed by atoms with Gasteiger partial charge in [0.2, 0.25) is 5.91 Å². The quantitative estimate of drug-likeness (QED) is 0.662. The van der Waals surface area contributed by atoms with Gasteiger partial charge in [-0.05, 0) is 35.4 Å². The first-order chi connectivity index (χ1) is 12.1. The topological polar surface area (TPSA) is 74.0 Å². The number of amides is 2. The van der Waals surface area contributed by atoms with Gasteiger partial charge in [0.1, 0.15) is 11.7 Å². The third-order valence-corrected chi connectivity index (χ3v) is 4.68. The second-order valence-corrected chi connectivity index (χ2v) is 6.57. The van der Waals surface area contributed by atoms with Crippen molar-refractivity contribution in [3.8, 4) is 0 Å². The Morgan fingerprint density at radius 3 is 2.76 bits per heavy atom. The monoisotopic (exact) mass is 353 g/mol. The first kappa shape index (κ1) is 15.7. The molecule has 1 aliphatic heterocycles. The summed E-state index contributed by atoms with van der Waals surface area (Å²) in [6, 6.07) is 14.4. The zero-order valence-electron chi connectivity index (χ0n) is 13.3. The van der Waals surface area contributed by atoms with Crippen LogP contribution in [0.1, 0.15) is 21.6 Å². The number of hydrogen-bond donors (Lipinski definition) is 3. The SMILES string of the molecule is O=C(N[C@H]1Cc2ccccc2CNC1=O)c1cc2cc(Cl)ccc2[nH]1. The van der Waals surface area contributed by atoms with Crippen LogP contribution in [0.25, 0.3) is 10.9 Å². The lowest BCUT2D eigenvalue weighted by atomic mass is 10.0. The number of hydrogen-bond acceptors (Lipinski definition) is 2. The van der Waals surface area contributed by atoms with Crippen LogP contribution in [0.3, 0.4) is 0 Å². The molecule has 6 heteroatoms. The van der Waals surface area contributed by atoms with Gasteiger partial charge in [-0.2, -0.15) is 0 Å². The van der Waals surface area contributed by atoms with E-state index in [1.807, 2.05) is 30.3 Å². The molecule has 25 heavy (non-hydrogen) atoms. The highest BCUT2D eigenvalue weighted by molar-refractivity contribution is 6.31. The van der Waals surface area contributed by atoms with Crippen molar-refractivity contribution in [1.29, 1.82) is 0 Å². The van der Waals surface area contributed by atoms with Gasteiger partial charge in [-0.3, -0.25) is 9.59 Å². The number of carbonyl (C=O) groups excluding carboxylic acids is 2. The lowest BCUT2D eigenvalue weighted by molar-refractivity contribution is -0.122. The Balaban J connectivity index is 1.57. The molecule has 0 unspecified atom stereocenters. The van der Waals surface area contributed by atoms with Crippen LogP contribution in [0, 0.1) is 0 Å². The minimum absolute atomic E-state index is 0.177. The van der Waals surface area contributed by atoms with Crippen molar-refractivity contribution >= 4 is 34.3 Å². The van der Waals surface area contributed by atoms with E-state index in [0.29, 0.717) is 23.7 Å². The standard InChI is InChI=1S/C19H16ClN3O2/c20-14-5-6-15-13(7-14)9-17(22-15)19(25)23-16-8-11-3-1-2-4-12(11)10-21-18(16)24/h1-7,9,16,22H,8,10H2,(H,21,24)(H,23,25)/t16-/m0/s1. The van der Waals surface area contributed by atoms with E-state index in [-0.39, 0.29) is 11.8 Å². The summed E-state index contributed by atoms with van der Waals surface area (Å²) in [5.41, 5.74) is 3.37. The molecule has 0 saturated heterocycles. The molecule has 2 amide bonds. The number of H-pyrrole nitrogens is 1. The lowest BCUT2D eigenvalue weighted by Gasteiger charge is -2.15. The van der Waals surface area contributed by atoms with E-state index in [4.69, 9.17) is 11.6 Å². The maximum atomic E-state index is 12.6. The smallest absolute Gasteiger partial charge is 0.268 e. The van der Waals surface area contributed by atoms with E-state index in [1.165, 1.54) is 0 Å². The van der Waals surface area contributed by atoms with Gasteiger partial charge >= 0.3 is 0 Å². The summed E-state index contributed by atoms with van der Waals surface area (Å²) in [5.74, 6) is -0.490. The lowest BCUT2D eigenvalue weighted by Crippen LogP contribution is -2.46. The molecule has 5 nitrogen and oxygen atoms in total. The number of aromatic amines is 1. The Kier molecular flexibility index (Phi) is 3.93. The van der Waals surface area contributed by atoms with Crippen LogP contribution in [0.4, 0.5) is 0 Å². The summed E-state index contributed by atoms with van der Waals surface area (Å²) in [5, 5.41) is 7.15. The van der Waals surface area contributed by atoms with Crippen LogP contribution in [0.5, 0.6) is 0 Å². The number of carbonyl (C=O) groups is 2. The highest BCUT2D eigenvalue weighted by Crippen LogP contribution is 2.20. The van der Waals surface area contributed by atoms with E-state index in [2.05, 4.69) is 15.6 Å². The number of halogens is 1. The maximum absolute atomic E-state index is 12.6. The number of fused-ring (bicyclic) bond motifs is 2. The third-order valence-electron chi connectivity index (χ3n) is 4.44. The van der Waals surface area contributed by atoms with E-state index >= 15 is 0 Å². The van der Waals surface area contributed by atoms with Gasteiger partial charge < -0.3 is 15.6 Å². The van der Waals surface area contributed by atoms with Gasteiger partial charge in [0.15, 0.2) is 0 Å². The Labute approximate surface area is 149 Å². The van der Waals surface area contributed by atoms with Crippen molar-refractivity contribution < 1.29 is 9.59 Å². The molecule has 126 valence electrons. The molecule has 3 N–H and O–H groups in total.